The first-order chi connectivity index (χ1) is 8.82. The molecule has 0 aromatic carbocycles. The molecule has 4 heteroatoms. The second-order valence-corrected chi connectivity index (χ2v) is 6.97. The Morgan fingerprint density at radius 2 is 1.79 bits per heavy atom. The second kappa shape index (κ2) is 7.44. The Labute approximate surface area is 126 Å². The molecule has 0 aliphatic carbocycles. The number of hydrogen-bond donors (Lipinski definition) is 1. The van der Waals surface area contributed by atoms with Crippen LogP contribution in [0.3, 0.4) is 0 Å². The van der Waals surface area contributed by atoms with Gasteiger partial charge in [0.1, 0.15) is 0 Å². The van der Waals surface area contributed by atoms with Crippen molar-refractivity contribution < 1.29 is 0 Å². The maximum atomic E-state index is 4.46. The quantitative estimate of drug-likeness (QED) is 0.829. The molecule has 2 unspecified atom stereocenters. The highest BCUT2D eigenvalue weighted by Gasteiger charge is 2.18. The largest absolute Gasteiger partial charge is 0.316 e. The summed E-state index contributed by atoms with van der Waals surface area (Å²) in [6.45, 7) is 13.4. The summed E-state index contributed by atoms with van der Waals surface area (Å²) < 4.78 is 3.17. The molecule has 0 spiro atoms. The minimum atomic E-state index is 0.644. The van der Waals surface area contributed by atoms with Crippen molar-refractivity contribution in [1.29, 1.82) is 0 Å². The molecule has 1 aromatic heterocycles. The van der Waals surface area contributed by atoms with Gasteiger partial charge in [-0.05, 0) is 60.1 Å². The topological polar surface area (TPSA) is 29.9 Å². The van der Waals surface area contributed by atoms with Gasteiger partial charge in [0.15, 0.2) is 0 Å². The van der Waals surface area contributed by atoms with Crippen LogP contribution in [0.2, 0.25) is 0 Å². The first kappa shape index (κ1) is 16.7. The van der Waals surface area contributed by atoms with Crippen LogP contribution in [-0.2, 0) is 13.5 Å². The average molecular weight is 330 g/mol. The van der Waals surface area contributed by atoms with E-state index in [2.05, 4.69) is 54.0 Å². The van der Waals surface area contributed by atoms with Crippen LogP contribution in [0.25, 0.3) is 0 Å². The van der Waals surface area contributed by atoms with Gasteiger partial charge in [-0.25, -0.2) is 0 Å². The molecule has 2 atom stereocenters. The third kappa shape index (κ3) is 4.92. The van der Waals surface area contributed by atoms with Crippen LogP contribution in [0.4, 0.5) is 0 Å². The predicted octanol–water partition coefficient (Wildman–Crippen LogP) is 3.55. The van der Waals surface area contributed by atoms with Gasteiger partial charge in [0.25, 0.3) is 0 Å². The lowest BCUT2D eigenvalue weighted by molar-refractivity contribution is 0.351. The van der Waals surface area contributed by atoms with Crippen LogP contribution in [0.15, 0.2) is 4.47 Å². The van der Waals surface area contributed by atoms with Crippen molar-refractivity contribution in [2.24, 2.45) is 24.8 Å². The Morgan fingerprint density at radius 3 is 2.26 bits per heavy atom. The Morgan fingerprint density at radius 1 is 1.16 bits per heavy atom. The zero-order valence-electron chi connectivity index (χ0n) is 13.1. The van der Waals surface area contributed by atoms with Crippen molar-refractivity contribution in [3.63, 3.8) is 0 Å². The van der Waals surface area contributed by atoms with Crippen molar-refractivity contribution >= 4 is 15.9 Å². The summed E-state index contributed by atoms with van der Waals surface area (Å²) in [5, 5.41) is 8.01. The highest BCUT2D eigenvalue weighted by Crippen LogP contribution is 2.25. The Kier molecular flexibility index (Phi) is 6.54. The molecule has 0 fully saturated rings. The van der Waals surface area contributed by atoms with Crippen LogP contribution < -0.4 is 5.32 Å². The third-order valence-corrected chi connectivity index (χ3v) is 4.80. The number of rotatable bonds is 7. The molecule has 1 aromatic rings. The van der Waals surface area contributed by atoms with Gasteiger partial charge in [-0.15, -0.1) is 0 Å². The highest BCUT2D eigenvalue weighted by molar-refractivity contribution is 9.10. The number of halogens is 1. The fourth-order valence-electron chi connectivity index (χ4n) is 2.21. The van der Waals surface area contributed by atoms with Gasteiger partial charge in [-0.1, -0.05) is 27.7 Å². The van der Waals surface area contributed by atoms with E-state index in [4.69, 9.17) is 0 Å². The standard InChI is InChI=1S/C15H28BrN3/c1-10(2)8-17-9-12(4)11(3)7-14-15(16)13(5)18-19(14)6/h10-12,17H,7-9H2,1-6H3. The molecule has 1 heterocycles. The molecule has 3 nitrogen and oxygen atoms in total. The van der Waals surface area contributed by atoms with Gasteiger partial charge in [-0.2, -0.15) is 5.10 Å². The summed E-state index contributed by atoms with van der Waals surface area (Å²) in [6.07, 6.45) is 1.07. The summed E-state index contributed by atoms with van der Waals surface area (Å²) in [5.41, 5.74) is 2.39. The SMILES string of the molecule is Cc1nn(C)c(CC(C)C(C)CNCC(C)C)c1Br. The molecule has 19 heavy (non-hydrogen) atoms. The lowest BCUT2D eigenvalue weighted by Crippen LogP contribution is -2.29. The zero-order valence-corrected chi connectivity index (χ0v) is 14.7. The maximum Gasteiger partial charge on any atom is 0.0738 e. The molecule has 1 rings (SSSR count). The molecule has 0 bridgehead atoms. The van der Waals surface area contributed by atoms with Crippen molar-refractivity contribution in [2.75, 3.05) is 13.1 Å². The molecule has 0 aliphatic rings. The van der Waals surface area contributed by atoms with Crippen LogP contribution in [0, 0.1) is 24.7 Å². The molecule has 0 saturated heterocycles. The first-order valence-corrected chi connectivity index (χ1v) is 8.00. The van der Waals surface area contributed by atoms with Gasteiger partial charge >= 0.3 is 0 Å². The summed E-state index contributed by atoms with van der Waals surface area (Å²) in [6, 6.07) is 0. The lowest BCUT2D eigenvalue weighted by Gasteiger charge is -2.21. The monoisotopic (exact) mass is 329 g/mol. The highest BCUT2D eigenvalue weighted by atomic mass is 79.9. The third-order valence-electron chi connectivity index (χ3n) is 3.77. The van der Waals surface area contributed by atoms with Crippen LogP contribution in [0.1, 0.15) is 39.1 Å². The summed E-state index contributed by atoms with van der Waals surface area (Å²) >= 11 is 3.65. The number of aromatic nitrogens is 2. The zero-order chi connectivity index (χ0) is 14.6. The molecular formula is C15H28BrN3. The van der Waals surface area contributed by atoms with Gasteiger partial charge < -0.3 is 5.32 Å². The Hall–Kier alpha value is -0.350. The van der Waals surface area contributed by atoms with Crippen LogP contribution in [-0.4, -0.2) is 22.9 Å². The van der Waals surface area contributed by atoms with Crippen molar-refractivity contribution in [3.05, 3.63) is 15.9 Å². The van der Waals surface area contributed by atoms with Crippen molar-refractivity contribution in [2.45, 2.75) is 41.0 Å². The van der Waals surface area contributed by atoms with E-state index in [9.17, 15) is 0 Å². The molecular weight excluding hydrogens is 302 g/mol. The normalized spacial score (nSPS) is 14.9. The lowest BCUT2D eigenvalue weighted by atomic mass is 9.91. The number of aryl methyl sites for hydroxylation is 2. The van der Waals surface area contributed by atoms with E-state index in [-0.39, 0.29) is 0 Å². The van der Waals surface area contributed by atoms with Crippen molar-refractivity contribution in [1.82, 2.24) is 15.1 Å². The molecule has 1 N–H and O–H groups in total. The van der Waals surface area contributed by atoms with Crippen LogP contribution in [0.5, 0.6) is 0 Å². The summed E-state index contributed by atoms with van der Waals surface area (Å²) in [5.74, 6) is 2.03. The summed E-state index contributed by atoms with van der Waals surface area (Å²) in [7, 11) is 2.03. The van der Waals surface area contributed by atoms with Crippen molar-refractivity contribution in [3.8, 4) is 0 Å². The predicted molar refractivity (Wildman–Crippen MR) is 85.4 cm³/mol. The van der Waals surface area contributed by atoms with Gasteiger partial charge in [-0.3, -0.25) is 4.68 Å². The van der Waals surface area contributed by atoms with Gasteiger partial charge in [0, 0.05) is 7.05 Å². The number of nitrogens with zero attached hydrogens (tertiary/aromatic N) is 2. The fraction of sp³-hybridized carbons (Fsp3) is 0.800. The molecule has 0 aliphatic heterocycles. The number of hydrogen-bond acceptors (Lipinski definition) is 2. The minimum absolute atomic E-state index is 0.644. The molecule has 0 saturated carbocycles. The van der Waals surface area contributed by atoms with Crippen LogP contribution >= 0.6 is 15.9 Å². The van der Waals surface area contributed by atoms with E-state index in [1.54, 1.807) is 0 Å². The maximum absolute atomic E-state index is 4.46. The number of nitrogens with one attached hydrogen (secondary N) is 1. The van der Waals surface area contributed by atoms with Gasteiger partial charge in [0.05, 0.1) is 15.9 Å². The minimum Gasteiger partial charge on any atom is -0.316 e. The van der Waals surface area contributed by atoms with Gasteiger partial charge in [0.2, 0.25) is 0 Å². The summed E-state index contributed by atoms with van der Waals surface area (Å²) in [4.78, 5) is 0. The van der Waals surface area contributed by atoms with E-state index in [0.29, 0.717) is 11.8 Å². The fourth-order valence-corrected chi connectivity index (χ4v) is 2.71. The Bertz CT molecular complexity index is 398. The van der Waals surface area contributed by atoms with E-state index in [0.717, 1.165) is 31.1 Å². The average Bonchev–Trinajstić information content (AvgIpc) is 2.55. The Balaban J connectivity index is 2.51. The first-order valence-electron chi connectivity index (χ1n) is 7.21. The molecule has 0 amide bonds. The van der Waals surface area contributed by atoms with E-state index < -0.39 is 0 Å². The van der Waals surface area contributed by atoms with E-state index in [1.807, 2.05) is 18.7 Å². The molecule has 0 radical (unpaired) electrons. The molecule has 110 valence electrons. The van der Waals surface area contributed by atoms with E-state index >= 15 is 0 Å². The van der Waals surface area contributed by atoms with E-state index in [1.165, 1.54) is 10.2 Å². The smallest absolute Gasteiger partial charge is 0.0738 e. The second-order valence-electron chi connectivity index (χ2n) is 6.18.